The minimum absolute atomic E-state index is 0.195. The molecule has 1 aliphatic carbocycles. The molecule has 1 aromatic heterocycles. The summed E-state index contributed by atoms with van der Waals surface area (Å²) in [6.45, 7) is 8.32. The van der Waals surface area contributed by atoms with E-state index in [-0.39, 0.29) is 6.04 Å². The van der Waals surface area contributed by atoms with Gasteiger partial charge in [-0.3, -0.25) is 14.7 Å². The molecule has 2 fully saturated rings. The summed E-state index contributed by atoms with van der Waals surface area (Å²) in [5.41, 5.74) is 2.65. The zero-order valence-corrected chi connectivity index (χ0v) is 23.4. The summed E-state index contributed by atoms with van der Waals surface area (Å²) >= 11 is 0. The van der Waals surface area contributed by atoms with Crippen molar-refractivity contribution in [1.82, 2.24) is 34.9 Å². The fraction of sp³-hybridized carbons (Fsp3) is 0.424. The summed E-state index contributed by atoms with van der Waals surface area (Å²) in [4.78, 5) is 7.75. The molecule has 0 saturated carbocycles. The number of piperazine rings is 1. The second-order valence-electron chi connectivity index (χ2n) is 11.3. The number of aromatic nitrogens is 4. The number of hydrogen-bond acceptors (Lipinski definition) is 6. The molecule has 0 bridgehead atoms. The number of nitrogens with zero attached hydrogens (tertiary/aromatic N) is 7. The number of piperidine rings is 1. The number of tetrazole rings is 1. The van der Waals surface area contributed by atoms with Crippen LogP contribution in [0.5, 0.6) is 0 Å². The maximum absolute atomic E-state index is 4.69. The monoisotopic (exact) mass is 535 g/mol. The Bertz CT molecular complexity index is 1270. The molecule has 2 aromatic carbocycles. The number of rotatable bonds is 9. The molecular weight excluding hydrogens is 494 g/mol. The maximum atomic E-state index is 4.69. The molecule has 3 aliphatic rings. The quantitative estimate of drug-likeness (QED) is 0.384. The highest BCUT2D eigenvalue weighted by molar-refractivity contribution is 5.48. The minimum atomic E-state index is 0.195. The molecule has 0 amide bonds. The van der Waals surface area contributed by atoms with Gasteiger partial charge in [0.25, 0.3) is 0 Å². The lowest BCUT2D eigenvalue weighted by atomic mass is 9.90. The van der Waals surface area contributed by atoms with Crippen LogP contribution in [-0.4, -0.2) is 80.7 Å². The van der Waals surface area contributed by atoms with E-state index in [1.807, 2.05) is 0 Å². The first-order valence-corrected chi connectivity index (χ1v) is 14.9. The highest BCUT2D eigenvalue weighted by Crippen LogP contribution is 2.35. The first kappa shape index (κ1) is 26.8. The van der Waals surface area contributed by atoms with Gasteiger partial charge in [0, 0.05) is 58.3 Å². The van der Waals surface area contributed by atoms with Crippen molar-refractivity contribution < 1.29 is 0 Å². The molecule has 3 aromatic rings. The molecular formula is C33H41N7. The Labute approximate surface area is 238 Å². The number of likely N-dealkylation sites (tertiary alicyclic amines) is 1. The minimum Gasteiger partial charge on any atom is -0.299 e. The van der Waals surface area contributed by atoms with E-state index < -0.39 is 0 Å². The van der Waals surface area contributed by atoms with Crippen LogP contribution in [-0.2, 0) is 6.54 Å². The van der Waals surface area contributed by atoms with Gasteiger partial charge in [0.05, 0.1) is 12.1 Å². The van der Waals surface area contributed by atoms with Gasteiger partial charge in [-0.2, -0.15) is 0 Å². The lowest BCUT2D eigenvalue weighted by Gasteiger charge is -2.41. The number of hydrogen-bond donors (Lipinski definition) is 0. The predicted molar refractivity (Wildman–Crippen MR) is 160 cm³/mol. The van der Waals surface area contributed by atoms with Crippen LogP contribution in [0.15, 0.2) is 91.0 Å². The SMILES string of the molecule is C1=CCC([C@@H](c2nnnn2C2CCN(Cc3ccccc3)CC2)N2CCN(C/C=C/c3ccccc3)CC2)C=C1. The normalized spacial score (nSPS) is 22.2. The average Bonchev–Trinajstić information content (AvgIpc) is 3.49. The molecule has 0 radical (unpaired) electrons. The average molecular weight is 536 g/mol. The first-order valence-electron chi connectivity index (χ1n) is 14.9. The van der Waals surface area contributed by atoms with E-state index in [9.17, 15) is 0 Å². The summed E-state index contributed by atoms with van der Waals surface area (Å²) in [5, 5.41) is 13.5. The van der Waals surface area contributed by atoms with Crippen LogP contribution in [0.2, 0.25) is 0 Å². The van der Waals surface area contributed by atoms with Crippen LogP contribution in [0.4, 0.5) is 0 Å². The summed E-state index contributed by atoms with van der Waals surface area (Å²) in [6.07, 6.45) is 16.7. The molecule has 2 saturated heterocycles. The van der Waals surface area contributed by atoms with E-state index >= 15 is 0 Å². The molecule has 40 heavy (non-hydrogen) atoms. The Morgan fingerprint density at radius 2 is 1.57 bits per heavy atom. The van der Waals surface area contributed by atoms with Gasteiger partial charge in [0.15, 0.2) is 5.82 Å². The van der Waals surface area contributed by atoms with E-state index in [0.29, 0.717) is 12.0 Å². The standard InChI is InChI=1S/C33H41N7/c1-4-11-28(12-5-1)15-10-20-37-23-25-39(26-24-37)32(30-16-8-3-9-17-30)33-34-35-36-40(33)31-18-21-38(22-19-31)27-29-13-6-2-7-14-29/h1-16,30-32H,17-27H2/b15-10+/t30?,32-/m0/s1. The lowest BCUT2D eigenvalue weighted by Crippen LogP contribution is -2.49. The van der Waals surface area contributed by atoms with Crippen LogP contribution in [0.3, 0.4) is 0 Å². The smallest absolute Gasteiger partial charge is 0.169 e. The van der Waals surface area contributed by atoms with E-state index in [1.165, 1.54) is 11.1 Å². The van der Waals surface area contributed by atoms with Crippen molar-refractivity contribution >= 4 is 6.08 Å². The Morgan fingerprint density at radius 3 is 2.30 bits per heavy atom. The molecule has 3 heterocycles. The topological polar surface area (TPSA) is 53.3 Å². The van der Waals surface area contributed by atoms with E-state index in [2.05, 4.69) is 127 Å². The summed E-state index contributed by atoms with van der Waals surface area (Å²) in [5.74, 6) is 1.43. The third-order valence-electron chi connectivity index (χ3n) is 8.63. The highest BCUT2D eigenvalue weighted by Gasteiger charge is 2.36. The molecule has 7 nitrogen and oxygen atoms in total. The van der Waals surface area contributed by atoms with Crippen LogP contribution < -0.4 is 0 Å². The molecule has 0 spiro atoms. The van der Waals surface area contributed by atoms with Crippen LogP contribution in [0.25, 0.3) is 6.08 Å². The van der Waals surface area contributed by atoms with Gasteiger partial charge < -0.3 is 0 Å². The Balaban J connectivity index is 1.10. The zero-order chi connectivity index (χ0) is 27.0. The van der Waals surface area contributed by atoms with Crippen molar-refractivity contribution in [3.8, 4) is 0 Å². The second-order valence-corrected chi connectivity index (χ2v) is 11.3. The Hall–Kier alpha value is -3.39. The summed E-state index contributed by atoms with van der Waals surface area (Å²) in [7, 11) is 0. The van der Waals surface area contributed by atoms with Gasteiger partial charge in [-0.25, -0.2) is 4.68 Å². The predicted octanol–water partition coefficient (Wildman–Crippen LogP) is 5.01. The molecule has 0 N–H and O–H groups in total. The van der Waals surface area contributed by atoms with Crippen molar-refractivity contribution in [1.29, 1.82) is 0 Å². The largest absolute Gasteiger partial charge is 0.299 e. The van der Waals surface area contributed by atoms with Gasteiger partial charge in [-0.15, -0.1) is 5.10 Å². The second kappa shape index (κ2) is 13.3. The lowest BCUT2D eigenvalue weighted by molar-refractivity contribution is 0.0740. The van der Waals surface area contributed by atoms with Crippen LogP contribution in [0, 0.1) is 5.92 Å². The van der Waals surface area contributed by atoms with Crippen LogP contribution >= 0.6 is 0 Å². The van der Waals surface area contributed by atoms with E-state index in [1.54, 1.807) is 0 Å². The van der Waals surface area contributed by atoms with Crippen molar-refractivity contribution in [3.05, 3.63) is 108 Å². The Morgan fingerprint density at radius 1 is 0.825 bits per heavy atom. The molecule has 6 rings (SSSR count). The Kier molecular flexibility index (Phi) is 8.92. The van der Waals surface area contributed by atoms with Crippen molar-refractivity contribution in [2.75, 3.05) is 45.8 Å². The molecule has 1 unspecified atom stereocenters. The summed E-state index contributed by atoms with van der Waals surface area (Å²) in [6, 6.07) is 21.9. The van der Waals surface area contributed by atoms with E-state index in [4.69, 9.17) is 5.10 Å². The van der Waals surface area contributed by atoms with Crippen molar-refractivity contribution in [2.45, 2.75) is 37.9 Å². The van der Waals surface area contributed by atoms with Gasteiger partial charge in [-0.05, 0) is 40.8 Å². The van der Waals surface area contributed by atoms with Gasteiger partial charge >= 0.3 is 0 Å². The third kappa shape index (κ3) is 6.66. The third-order valence-corrected chi connectivity index (χ3v) is 8.63. The maximum Gasteiger partial charge on any atom is 0.169 e. The van der Waals surface area contributed by atoms with E-state index in [0.717, 1.165) is 77.4 Å². The van der Waals surface area contributed by atoms with Crippen molar-refractivity contribution in [2.24, 2.45) is 5.92 Å². The highest BCUT2D eigenvalue weighted by atomic mass is 15.6. The fourth-order valence-electron chi connectivity index (χ4n) is 6.40. The zero-order valence-electron chi connectivity index (χ0n) is 23.4. The van der Waals surface area contributed by atoms with Crippen LogP contribution in [0.1, 0.15) is 48.3 Å². The number of benzene rings is 2. The molecule has 208 valence electrons. The fourth-order valence-corrected chi connectivity index (χ4v) is 6.40. The van der Waals surface area contributed by atoms with Gasteiger partial charge in [0.2, 0.25) is 0 Å². The molecule has 2 atom stereocenters. The molecule has 2 aliphatic heterocycles. The van der Waals surface area contributed by atoms with Gasteiger partial charge in [-0.1, -0.05) is 97.1 Å². The van der Waals surface area contributed by atoms with Crippen molar-refractivity contribution in [3.63, 3.8) is 0 Å². The first-order chi connectivity index (χ1) is 19.8. The molecule has 7 heteroatoms. The van der Waals surface area contributed by atoms with Gasteiger partial charge in [0.1, 0.15) is 0 Å². The summed E-state index contributed by atoms with van der Waals surface area (Å²) < 4.78 is 2.19. The number of allylic oxidation sites excluding steroid dienone is 3.